The van der Waals surface area contributed by atoms with Gasteiger partial charge in [-0.15, -0.1) is 0 Å². The summed E-state index contributed by atoms with van der Waals surface area (Å²) in [5.74, 6) is 0.600. The maximum absolute atomic E-state index is 13.5. The number of fused-ring (bicyclic) bond motifs is 2. The van der Waals surface area contributed by atoms with Crippen LogP contribution in [0.1, 0.15) is 28.8 Å². The highest BCUT2D eigenvalue weighted by atomic mass is 19.4. The number of alkyl halides is 3. The van der Waals surface area contributed by atoms with Gasteiger partial charge in [-0.2, -0.15) is 13.2 Å². The van der Waals surface area contributed by atoms with Gasteiger partial charge in [0.1, 0.15) is 11.5 Å². The minimum Gasteiger partial charge on any atom is -0.365 e. The second-order valence-corrected chi connectivity index (χ2v) is 8.16. The highest BCUT2D eigenvalue weighted by Crippen LogP contribution is 2.40. The number of piperidine rings is 1. The largest absolute Gasteiger partial charge is 0.417 e. The Bertz CT molecular complexity index is 1120. The smallest absolute Gasteiger partial charge is 0.365 e. The molecule has 1 saturated carbocycles. The van der Waals surface area contributed by atoms with E-state index in [0.29, 0.717) is 35.2 Å². The molecule has 1 N–H and O–H groups in total. The van der Waals surface area contributed by atoms with Gasteiger partial charge in [0.2, 0.25) is 0 Å². The molecule has 3 aromatic heterocycles. The van der Waals surface area contributed by atoms with Crippen molar-refractivity contribution in [2.75, 3.05) is 11.9 Å². The van der Waals surface area contributed by atoms with Crippen molar-refractivity contribution in [3.63, 3.8) is 0 Å². The fourth-order valence-corrected chi connectivity index (χ4v) is 4.69. The second kappa shape index (κ2) is 7.89. The lowest BCUT2D eigenvalue weighted by molar-refractivity contribution is -0.137. The molecule has 6 nitrogen and oxygen atoms in total. The SMILES string of the molecule is O=C(c1cccnc1-c1ccccn1)N1CC2CC1[C@@H](Nc1ccc(C(F)(F)F)cn1)C2. The number of carbonyl (C=O) groups excluding carboxylic acids is 1. The summed E-state index contributed by atoms with van der Waals surface area (Å²) in [6.07, 6.45) is 1.40. The van der Waals surface area contributed by atoms with Crippen molar-refractivity contribution < 1.29 is 18.0 Å². The molecule has 3 aromatic rings. The number of amides is 1. The van der Waals surface area contributed by atoms with E-state index in [1.165, 1.54) is 6.07 Å². The van der Waals surface area contributed by atoms with Crippen LogP contribution in [0.15, 0.2) is 61.1 Å². The number of pyridine rings is 3. The van der Waals surface area contributed by atoms with Crippen LogP contribution in [-0.2, 0) is 6.18 Å². The summed E-state index contributed by atoms with van der Waals surface area (Å²) in [6, 6.07) is 11.2. The molecule has 1 saturated heterocycles. The van der Waals surface area contributed by atoms with Crippen molar-refractivity contribution in [1.29, 1.82) is 0 Å². The zero-order valence-electron chi connectivity index (χ0n) is 17.0. The van der Waals surface area contributed by atoms with Crippen LogP contribution in [0.25, 0.3) is 11.4 Å². The molecule has 2 fully saturated rings. The molecule has 5 rings (SSSR count). The number of nitrogens with zero attached hydrogens (tertiary/aromatic N) is 4. The Morgan fingerprint density at radius 1 is 1.00 bits per heavy atom. The van der Waals surface area contributed by atoms with E-state index in [1.807, 2.05) is 17.0 Å². The summed E-state index contributed by atoms with van der Waals surface area (Å²) in [5.41, 5.74) is 0.871. The van der Waals surface area contributed by atoms with Crippen LogP contribution in [0, 0.1) is 5.92 Å². The summed E-state index contributed by atoms with van der Waals surface area (Å²) >= 11 is 0. The number of anilines is 1. The highest BCUT2D eigenvalue weighted by Gasteiger charge is 2.47. The van der Waals surface area contributed by atoms with Gasteiger partial charge in [-0.1, -0.05) is 6.07 Å². The van der Waals surface area contributed by atoms with E-state index in [2.05, 4.69) is 20.3 Å². The van der Waals surface area contributed by atoms with E-state index in [4.69, 9.17) is 0 Å². The molecule has 0 radical (unpaired) electrons. The first-order valence-electron chi connectivity index (χ1n) is 10.4. The molecule has 0 spiro atoms. The number of aromatic nitrogens is 3. The Hall–Kier alpha value is -3.49. The van der Waals surface area contributed by atoms with E-state index in [0.717, 1.165) is 25.1 Å². The number of hydrogen-bond donors (Lipinski definition) is 1. The summed E-state index contributed by atoms with van der Waals surface area (Å²) < 4.78 is 38.4. The lowest BCUT2D eigenvalue weighted by Crippen LogP contribution is -2.47. The molecule has 1 aliphatic carbocycles. The Kier molecular flexibility index (Phi) is 5.03. The maximum Gasteiger partial charge on any atom is 0.417 e. The van der Waals surface area contributed by atoms with E-state index in [9.17, 15) is 18.0 Å². The van der Waals surface area contributed by atoms with Crippen LogP contribution in [0.3, 0.4) is 0 Å². The Morgan fingerprint density at radius 2 is 1.84 bits per heavy atom. The molecule has 2 unspecified atom stereocenters. The third-order valence-electron chi connectivity index (χ3n) is 6.11. The van der Waals surface area contributed by atoms with Gasteiger partial charge >= 0.3 is 6.18 Å². The molecule has 2 bridgehead atoms. The first-order chi connectivity index (χ1) is 15.4. The van der Waals surface area contributed by atoms with Gasteiger partial charge in [0, 0.05) is 31.2 Å². The van der Waals surface area contributed by atoms with Crippen LogP contribution in [0.2, 0.25) is 0 Å². The van der Waals surface area contributed by atoms with Crippen LogP contribution in [-0.4, -0.2) is 44.4 Å². The zero-order chi connectivity index (χ0) is 22.3. The average molecular weight is 439 g/mol. The lowest BCUT2D eigenvalue weighted by atomic mass is 10.0. The lowest BCUT2D eigenvalue weighted by Gasteiger charge is -2.34. The molecule has 4 heterocycles. The standard InChI is InChI=1S/C23H20F3N5O/c24-23(25,26)15-6-7-20(29-12-15)30-18-10-14-11-19(18)31(13-14)22(32)16-4-3-9-28-21(16)17-5-1-2-8-27-17/h1-9,12,14,18-19H,10-11,13H2,(H,29,30)/t14?,18-,19?/m0/s1. The highest BCUT2D eigenvalue weighted by molar-refractivity contribution is 6.00. The van der Waals surface area contributed by atoms with Crippen molar-refractivity contribution in [3.05, 3.63) is 72.2 Å². The number of hydrogen-bond acceptors (Lipinski definition) is 5. The number of halogens is 3. The molecule has 32 heavy (non-hydrogen) atoms. The third-order valence-corrected chi connectivity index (χ3v) is 6.11. The zero-order valence-corrected chi connectivity index (χ0v) is 17.0. The van der Waals surface area contributed by atoms with Gasteiger partial charge in [-0.25, -0.2) is 4.98 Å². The summed E-state index contributed by atoms with van der Waals surface area (Å²) in [5, 5.41) is 3.23. The van der Waals surface area contributed by atoms with Gasteiger partial charge in [-0.05, 0) is 55.2 Å². The fraction of sp³-hybridized carbons (Fsp3) is 0.304. The van der Waals surface area contributed by atoms with Crippen LogP contribution < -0.4 is 5.32 Å². The first-order valence-corrected chi connectivity index (χ1v) is 10.4. The molecule has 3 atom stereocenters. The molecule has 9 heteroatoms. The average Bonchev–Trinajstić information content (AvgIpc) is 3.40. The Balaban J connectivity index is 1.35. The number of rotatable bonds is 4. The fourth-order valence-electron chi connectivity index (χ4n) is 4.69. The molecule has 0 aromatic carbocycles. The molecular formula is C23H20F3N5O. The van der Waals surface area contributed by atoms with Crippen LogP contribution in [0.5, 0.6) is 0 Å². The van der Waals surface area contributed by atoms with Crippen molar-refractivity contribution in [3.8, 4) is 11.4 Å². The van der Waals surface area contributed by atoms with Crippen molar-refractivity contribution in [1.82, 2.24) is 19.9 Å². The van der Waals surface area contributed by atoms with Gasteiger partial charge in [0.15, 0.2) is 0 Å². The molecular weight excluding hydrogens is 419 g/mol. The van der Waals surface area contributed by atoms with E-state index < -0.39 is 11.7 Å². The third kappa shape index (κ3) is 3.79. The second-order valence-electron chi connectivity index (χ2n) is 8.16. The Labute approximate surface area is 182 Å². The van der Waals surface area contributed by atoms with E-state index in [-0.39, 0.29) is 18.0 Å². The van der Waals surface area contributed by atoms with Gasteiger partial charge in [0.25, 0.3) is 5.91 Å². The van der Waals surface area contributed by atoms with E-state index >= 15 is 0 Å². The minimum absolute atomic E-state index is 0.0617. The normalized spacial score (nSPS) is 22.2. The molecule has 1 amide bonds. The van der Waals surface area contributed by atoms with Gasteiger partial charge in [-0.3, -0.25) is 14.8 Å². The summed E-state index contributed by atoms with van der Waals surface area (Å²) in [6.45, 7) is 0.651. The van der Waals surface area contributed by atoms with E-state index in [1.54, 1.807) is 30.6 Å². The topological polar surface area (TPSA) is 71.0 Å². The molecule has 1 aliphatic heterocycles. The summed E-state index contributed by atoms with van der Waals surface area (Å²) in [4.78, 5) is 28.0. The van der Waals surface area contributed by atoms with Gasteiger partial charge in [0.05, 0.1) is 22.9 Å². The Morgan fingerprint density at radius 3 is 2.53 bits per heavy atom. The van der Waals surface area contributed by atoms with Gasteiger partial charge < -0.3 is 10.2 Å². The number of nitrogens with one attached hydrogen (secondary N) is 1. The van der Waals surface area contributed by atoms with Crippen LogP contribution in [0.4, 0.5) is 19.0 Å². The predicted octanol–water partition coefficient (Wildman–Crippen LogP) is 4.27. The maximum atomic E-state index is 13.5. The monoisotopic (exact) mass is 439 g/mol. The van der Waals surface area contributed by atoms with Crippen molar-refractivity contribution in [2.24, 2.45) is 5.92 Å². The first kappa shape index (κ1) is 20.4. The number of carbonyl (C=O) groups is 1. The minimum atomic E-state index is -4.42. The predicted molar refractivity (Wildman–Crippen MR) is 112 cm³/mol. The van der Waals surface area contributed by atoms with Crippen molar-refractivity contribution in [2.45, 2.75) is 31.1 Å². The molecule has 164 valence electrons. The summed E-state index contributed by atoms with van der Waals surface area (Å²) in [7, 11) is 0. The molecule has 2 aliphatic rings. The number of likely N-dealkylation sites (tertiary alicyclic amines) is 1. The quantitative estimate of drug-likeness (QED) is 0.657. The van der Waals surface area contributed by atoms with Crippen molar-refractivity contribution >= 4 is 11.7 Å². The van der Waals surface area contributed by atoms with Crippen LogP contribution >= 0.6 is 0 Å².